The van der Waals surface area contributed by atoms with Gasteiger partial charge in [-0.1, -0.05) is 11.6 Å². The lowest BCUT2D eigenvalue weighted by atomic mass is 9.81. The topological polar surface area (TPSA) is 140 Å². The van der Waals surface area contributed by atoms with Gasteiger partial charge in [-0.25, -0.2) is 13.9 Å². The van der Waals surface area contributed by atoms with Crippen LogP contribution in [0, 0.1) is 11.9 Å². The molecule has 1 unspecified atom stereocenters. The zero-order valence-corrected chi connectivity index (χ0v) is 22.2. The molecule has 3 N–H and O–H groups in total. The van der Waals surface area contributed by atoms with Gasteiger partial charge < -0.3 is 10.6 Å². The van der Waals surface area contributed by atoms with E-state index in [4.69, 9.17) is 11.6 Å². The van der Waals surface area contributed by atoms with Crippen LogP contribution in [-0.4, -0.2) is 53.5 Å². The van der Waals surface area contributed by atoms with E-state index in [9.17, 15) is 27.6 Å². The van der Waals surface area contributed by atoms with Crippen molar-refractivity contribution in [1.82, 2.24) is 35.1 Å². The number of aromatic nitrogens is 6. The number of aromatic amines is 1. The Hall–Kier alpha value is -3.68. The molecule has 4 rings (SSSR count). The summed E-state index contributed by atoms with van der Waals surface area (Å²) in [6.07, 6.45) is 1.73. The number of hydrogen-bond acceptors (Lipinski definition) is 6. The minimum atomic E-state index is -2.85. The molecule has 1 aliphatic rings. The summed E-state index contributed by atoms with van der Waals surface area (Å²) in [6, 6.07) is 0.644. The van der Waals surface area contributed by atoms with Gasteiger partial charge in [0, 0.05) is 30.6 Å². The molecule has 2 amide bonds. The Kier molecular flexibility index (Phi) is 8.14. The Labute approximate surface area is 226 Å². The zero-order valence-electron chi connectivity index (χ0n) is 21.4. The highest BCUT2D eigenvalue weighted by Crippen LogP contribution is 2.38. The lowest BCUT2D eigenvalue weighted by Gasteiger charge is -2.33. The summed E-state index contributed by atoms with van der Waals surface area (Å²) >= 11 is 5.86. The van der Waals surface area contributed by atoms with E-state index in [1.807, 2.05) is 13.8 Å². The summed E-state index contributed by atoms with van der Waals surface area (Å²) in [7, 11) is 0. The third-order valence-electron chi connectivity index (χ3n) is 6.79. The largest absolute Gasteiger partial charge is 0.339 e. The standard InChI is InChI=1S/C24H28ClF3N8O3/c1-12(2)36-17(6-9-29-36)22(38)31-19(14-4-7-24(27,28)8-5-14)23(39)30-16-11-35(34-20(16)26)13(3)15-10-18(25)32-33-21(15)37/h6,9-14,19H,4-5,7-8H2,1-3H3,(H,30,39)(H,31,38)(H,33,37)/t13?,19-/m0/s1. The Morgan fingerprint density at radius 2 is 1.92 bits per heavy atom. The number of carbonyl (C=O) groups excluding carboxylic acids is 2. The number of halogens is 4. The quantitative estimate of drug-likeness (QED) is 0.378. The van der Waals surface area contributed by atoms with Crippen molar-refractivity contribution in [3.8, 4) is 0 Å². The molecule has 11 nitrogen and oxygen atoms in total. The first kappa shape index (κ1) is 28.3. The summed E-state index contributed by atoms with van der Waals surface area (Å²) in [5.74, 6) is -5.90. The Morgan fingerprint density at radius 3 is 2.59 bits per heavy atom. The second-order valence-corrected chi connectivity index (χ2v) is 10.2. The molecule has 0 spiro atoms. The predicted octanol–water partition coefficient (Wildman–Crippen LogP) is 3.71. The molecule has 0 bridgehead atoms. The molecular formula is C24H28ClF3N8O3. The molecule has 2 atom stereocenters. The fourth-order valence-electron chi connectivity index (χ4n) is 4.62. The highest BCUT2D eigenvalue weighted by molar-refractivity contribution is 6.29. The lowest BCUT2D eigenvalue weighted by molar-refractivity contribution is -0.121. The predicted molar refractivity (Wildman–Crippen MR) is 135 cm³/mol. The van der Waals surface area contributed by atoms with Crippen LogP contribution in [0.1, 0.15) is 74.6 Å². The van der Waals surface area contributed by atoms with E-state index < -0.39 is 60.1 Å². The lowest BCUT2D eigenvalue weighted by Crippen LogP contribution is -2.50. The second-order valence-electron chi connectivity index (χ2n) is 9.85. The van der Waals surface area contributed by atoms with Gasteiger partial charge in [-0.2, -0.15) is 14.6 Å². The van der Waals surface area contributed by atoms with Crippen molar-refractivity contribution >= 4 is 29.1 Å². The number of H-pyrrole nitrogens is 1. The smallest absolute Gasteiger partial charge is 0.270 e. The molecule has 0 radical (unpaired) electrons. The molecule has 3 aromatic rings. The maximum Gasteiger partial charge on any atom is 0.270 e. The van der Waals surface area contributed by atoms with Crippen LogP contribution in [0.3, 0.4) is 0 Å². The number of amides is 2. The molecule has 39 heavy (non-hydrogen) atoms. The first-order valence-corrected chi connectivity index (χ1v) is 12.8. The van der Waals surface area contributed by atoms with E-state index in [-0.39, 0.29) is 41.0 Å². The molecule has 210 valence electrons. The van der Waals surface area contributed by atoms with Gasteiger partial charge in [-0.15, -0.1) is 5.10 Å². The van der Waals surface area contributed by atoms with Gasteiger partial charge in [-0.05, 0) is 51.7 Å². The minimum Gasteiger partial charge on any atom is -0.339 e. The van der Waals surface area contributed by atoms with Crippen LogP contribution < -0.4 is 16.2 Å². The van der Waals surface area contributed by atoms with Crippen molar-refractivity contribution in [2.24, 2.45) is 5.92 Å². The highest BCUT2D eigenvalue weighted by atomic mass is 35.5. The average Bonchev–Trinajstić information content (AvgIpc) is 3.51. The van der Waals surface area contributed by atoms with Crippen LogP contribution in [0.2, 0.25) is 5.15 Å². The van der Waals surface area contributed by atoms with E-state index in [2.05, 4.69) is 31.0 Å². The van der Waals surface area contributed by atoms with Crippen LogP contribution in [0.4, 0.5) is 18.9 Å². The van der Waals surface area contributed by atoms with Gasteiger partial charge in [-0.3, -0.25) is 23.7 Å². The molecule has 15 heteroatoms. The first-order chi connectivity index (χ1) is 18.4. The fraction of sp³-hybridized carbons (Fsp3) is 0.500. The minimum absolute atomic E-state index is 0.0147. The summed E-state index contributed by atoms with van der Waals surface area (Å²) in [5.41, 5.74) is -0.509. The first-order valence-electron chi connectivity index (χ1n) is 12.4. The van der Waals surface area contributed by atoms with Gasteiger partial charge in [0.25, 0.3) is 17.4 Å². The molecule has 3 aromatic heterocycles. The van der Waals surface area contributed by atoms with Crippen LogP contribution >= 0.6 is 11.6 Å². The molecular weight excluding hydrogens is 541 g/mol. The number of rotatable bonds is 8. The van der Waals surface area contributed by atoms with E-state index >= 15 is 0 Å². The summed E-state index contributed by atoms with van der Waals surface area (Å²) in [6.45, 7) is 5.22. The summed E-state index contributed by atoms with van der Waals surface area (Å²) in [5, 5.41) is 18.8. The molecule has 1 aliphatic carbocycles. The van der Waals surface area contributed by atoms with Gasteiger partial charge in [0.15, 0.2) is 0 Å². The van der Waals surface area contributed by atoms with Crippen LogP contribution in [-0.2, 0) is 4.79 Å². The van der Waals surface area contributed by atoms with Crippen LogP contribution in [0.15, 0.2) is 29.3 Å². The van der Waals surface area contributed by atoms with Crippen molar-refractivity contribution in [3.05, 3.63) is 57.2 Å². The van der Waals surface area contributed by atoms with E-state index in [1.165, 1.54) is 29.2 Å². The Balaban J connectivity index is 1.57. The van der Waals surface area contributed by atoms with E-state index in [0.29, 0.717) is 0 Å². The van der Waals surface area contributed by atoms with Crippen LogP contribution in [0.25, 0.3) is 0 Å². The maximum atomic E-state index is 14.8. The second kappa shape index (κ2) is 11.2. The number of anilines is 1. The van der Waals surface area contributed by atoms with E-state index in [1.54, 1.807) is 6.92 Å². The number of carbonyl (C=O) groups is 2. The molecule has 1 fully saturated rings. The number of alkyl halides is 2. The molecule has 0 aliphatic heterocycles. The Bertz CT molecular complexity index is 1410. The fourth-order valence-corrected chi connectivity index (χ4v) is 4.78. The zero-order chi connectivity index (χ0) is 28.5. The van der Waals surface area contributed by atoms with Crippen molar-refractivity contribution in [2.45, 2.75) is 70.5 Å². The summed E-state index contributed by atoms with van der Waals surface area (Å²) < 4.78 is 45.1. The number of hydrogen-bond donors (Lipinski definition) is 3. The maximum absolute atomic E-state index is 14.8. The normalized spacial score (nSPS) is 17.1. The monoisotopic (exact) mass is 568 g/mol. The number of nitrogens with zero attached hydrogens (tertiary/aromatic N) is 5. The van der Waals surface area contributed by atoms with E-state index in [0.717, 1.165) is 4.68 Å². The third-order valence-corrected chi connectivity index (χ3v) is 6.98. The SMILES string of the molecule is CC(c1cc(Cl)n[nH]c1=O)n1cc(NC(=O)[C@@H](NC(=O)c2ccnn2C(C)C)C2CCC(F)(F)CC2)c(F)n1. The van der Waals surface area contributed by atoms with Crippen molar-refractivity contribution in [2.75, 3.05) is 5.32 Å². The van der Waals surface area contributed by atoms with Gasteiger partial charge in [0.05, 0.1) is 12.2 Å². The highest BCUT2D eigenvalue weighted by Gasteiger charge is 2.41. The number of nitrogens with one attached hydrogen (secondary N) is 3. The summed E-state index contributed by atoms with van der Waals surface area (Å²) in [4.78, 5) is 38.6. The average molecular weight is 569 g/mol. The molecule has 0 aromatic carbocycles. The third kappa shape index (κ3) is 6.32. The molecule has 3 heterocycles. The molecule has 1 saturated carbocycles. The van der Waals surface area contributed by atoms with Gasteiger partial charge >= 0.3 is 0 Å². The van der Waals surface area contributed by atoms with Crippen LogP contribution in [0.5, 0.6) is 0 Å². The van der Waals surface area contributed by atoms with Gasteiger partial charge in [0.2, 0.25) is 11.8 Å². The van der Waals surface area contributed by atoms with Crippen molar-refractivity contribution < 1.29 is 22.8 Å². The van der Waals surface area contributed by atoms with Gasteiger partial charge in [0.1, 0.15) is 22.6 Å². The molecule has 0 saturated heterocycles. The van der Waals surface area contributed by atoms with Crippen molar-refractivity contribution in [3.63, 3.8) is 0 Å². The van der Waals surface area contributed by atoms with Crippen molar-refractivity contribution in [1.29, 1.82) is 0 Å². The Morgan fingerprint density at radius 1 is 1.23 bits per heavy atom.